The lowest BCUT2D eigenvalue weighted by atomic mass is 10.1. The van der Waals surface area contributed by atoms with E-state index in [0.717, 1.165) is 20.3 Å². The third kappa shape index (κ3) is 6.99. The number of benzene rings is 1. The Hall–Kier alpha value is -1.48. The van der Waals surface area contributed by atoms with E-state index in [1.807, 2.05) is 18.4 Å². The maximum absolute atomic E-state index is 10.7. The first-order valence-corrected chi connectivity index (χ1v) is 9.11. The van der Waals surface area contributed by atoms with Crippen LogP contribution in [0.3, 0.4) is 0 Å². The Morgan fingerprint density at radius 3 is 2.50 bits per heavy atom. The normalized spacial score (nSPS) is 11.0. The van der Waals surface area contributed by atoms with Gasteiger partial charge < -0.3 is 5.73 Å². The summed E-state index contributed by atoms with van der Waals surface area (Å²) in [6.07, 6.45) is 1.35. The number of amides is 1. The van der Waals surface area contributed by atoms with Crippen LogP contribution in [0, 0.1) is 6.92 Å². The number of carbonyl (C=O) groups is 1. The molecule has 0 saturated heterocycles. The van der Waals surface area contributed by atoms with Crippen LogP contribution in [0.15, 0.2) is 45.6 Å². The highest BCUT2D eigenvalue weighted by Gasteiger charge is 2.03. The van der Waals surface area contributed by atoms with Crippen LogP contribution >= 0.6 is 27.3 Å². The first kappa shape index (κ1) is 18.6. The van der Waals surface area contributed by atoms with Crippen molar-refractivity contribution >= 4 is 49.4 Å². The smallest absolute Gasteiger partial charge is 0.287 e. The third-order valence-electron chi connectivity index (χ3n) is 2.40. The van der Waals surface area contributed by atoms with E-state index in [2.05, 4.69) is 15.9 Å². The molecule has 0 bridgehead atoms. The van der Waals surface area contributed by atoms with E-state index < -0.39 is 10.1 Å². The van der Waals surface area contributed by atoms with E-state index in [4.69, 9.17) is 10.3 Å². The molecular formula is C14H14BrNO4S2. The second-order valence-corrected chi connectivity index (χ2v) is 7.35. The van der Waals surface area contributed by atoms with Crippen molar-refractivity contribution < 1.29 is 17.8 Å². The lowest BCUT2D eigenvalue weighted by Crippen LogP contribution is -2.12. The zero-order chi connectivity index (χ0) is 16.8. The monoisotopic (exact) mass is 403 g/mol. The average Bonchev–Trinajstić information content (AvgIpc) is 2.89. The van der Waals surface area contributed by atoms with Crippen molar-refractivity contribution in [3.05, 3.63) is 61.6 Å². The van der Waals surface area contributed by atoms with Gasteiger partial charge in [-0.3, -0.25) is 9.35 Å². The molecule has 1 amide bonds. The fourth-order valence-electron chi connectivity index (χ4n) is 1.44. The van der Waals surface area contributed by atoms with Gasteiger partial charge in [-0.15, -0.1) is 11.3 Å². The van der Waals surface area contributed by atoms with Gasteiger partial charge in [0.1, 0.15) is 0 Å². The Bertz CT molecular complexity index is 768. The van der Waals surface area contributed by atoms with Crippen LogP contribution in [0.5, 0.6) is 0 Å². The van der Waals surface area contributed by atoms with Crippen LogP contribution < -0.4 is 5.73 Å². The largest absolute Gasteiger partial charge is 0.366 e. The van der Waals surface area contributed by atoms with Crippen LogP contribution in [0.1, 0.15) is 20.8 Å². The summed E-state index contributed by atoms with van der Waals surface area (Å²) in [5.74, 6) is -0.380. The number of nitrogens with two attached hydrogens (primary N) is 1. The molecule has 1 heterocycles. The summed E-state index contributed by atoms with van der Waals surface area (Å²) in [5.41, 5.74) is 6.58. The molecule has 118 valence electrons. The van der Waals surface area contributed by atoms with E-state index >= 15 is 0 Å². The van der Waals surface area contributed by atoms with Gasteiger partial charge in [0, 0.05) is 14.9 Å². The van der Waals surface area contributed by atoms with Gasteiger partial charge in [0.25, 0.3) is 10.1 Å². The molecule has 3 N–H and O–H groups in total. The van der Waals surface area contributed by atoms with E-state index in [0.29, 0.717) is 5.56 Å². The van der Waals surface area contributed by atoms with Crippen molar-refractivity contribution in [1.29, 1.82) is 0 Å². The van der Waals surface area contributed by atoms with Crippen molar-refractivity contribution in [1.82, 2.24) is 0 Å². The minimum atomic E-state index is -3.97. The minimum absolute atomic E-state index is 0.380. The number of thiophene rings is 1. The van der Waals surface area contributed by atoms with Crippen LogP contribution in [0.25, 0.3) is 6.08 Å². The molecule has 0 aliphatic rings. The molecule has 0 fully saturated rings. The molecule has 1 aromatic carbocycles. The number of halogens is 1. The Morgan fingerprint density at radius 1 is 1.36 bits per heavy atom. The molecule has 0 atom stereocenters. The molecule has 8 heteroatoms. The Morgan fingerprint density at radius 2 is 2.05 bits per heavy atom. The molecule has 0 radical (unpaired) electrons. The Kier molecular flexibility index (Phi) is 6.95. The van der Waals surface area contributed by atoms with Gasteiger partial charge in [-0.1, -0.05) is 22.0 Å². The highest BCUT2D eigenvalue weighted by Crippen LogP contribution is 2.15. The highest BCUT2D eigenvalue weighted by atomic mass is 79.9. The quantitative estimate of drug-likeness (QED) is 0.766. The number of hydrogen-bond acceptors (Lipinski definition) is 4. The van der Waals surface area contributed by atoms with Gasteiger partial charge in [-0.25, -0.2) is 0 Å². The zero-order valence-electron chi connectivity index (χ0n) is 11.6. The lowest BCUT2D eigenvalue weighted by molar-refractivity contribution is 0.0999. The standard InChI is InChI=1S/C8H8BrNO.C6H6O3S2/c1-5-4-6(9)2-3-7(5)8(10)11;7-11(8,9)5-3-6-2-1-4-10-6/h2-4H,1H3,(H2,10,11);1-5H,(H,7,8,9)/b;5-3+. The van der Waals surface area contributed by atoms with E-state index in [1.54, 1.807) is 24.3 Å². The average molecular weight is 404 g/mol. The van der Waals surface area contributed by atoms with Gasteiger partial charge in [0.2, 0.25) is 5.91 Å². The summed E-state index contributed by atoms with van der Waals surface area (Å²) in [5, 5.41) is 2.59. The molecule has 0 spiro atoms. The summed E-state index contributed by atoms with van der Waals surface area (Å²) < 4.78 is 29.7. The Labute approximate surface area is 141 Å². The van der Waals surface area contributed by atoms with Gasteiger partial charge in [0.05, 0.1) is 5.41 Å². The van der Waals surface area contributed by atoms with Crippen molar-refractivity contribution in [2.24, 2.45) is 5.73 Å². The first-order valence-electron chi connectivity index (χ1n) is 5.94. The van der Waals surface area contributed by atoms with Crippen molar-refractivity contribution in [3.8, 4) is 0 Å². The molecule has 0 saturated carbocycles. The molecule has 0 aliphatic heterocycles. The second-order valence-electron chi connectivity index (χ2n) is 4.16. The van der Waals surface area contributed by atoms with Crippen LogP contribution in [-0.4, -0.2) is 18.9 Å². The van der Waals surface area contributed by atoms with E-state index in [1.165, 1.54) is 17.4 Å². The van der Waals surface area contributed by atoms with Gasteiger partial charge >= 0.3 is 0 Å². The van der Waals surface area contributed by atoms with Crippen molar-refractivity contribution in [2.45, 2.75) is 6.92 Å². The number of rotatable bonds is 3. The molecule has 2 rings (SSSR count). The van der Waals surface area contributed by atoms with Gasteiger partial charge in [-0.05, 0) is 48.2 Å². The molecular weight excluding hydrogens is 390 g/mol. The molecule has 2 aromatic rings. The zero-order valence-corrected chi connectivity index (χ0v) is 14.8. The number of primary amides is 1. The molecule has 5 nitrogen and oxygen atoms in total. The summed E-state index contributed by atoms with van der Waals surface area (Å²) in [6, 6.07) is 8.93. The molecule has 1 aromatic heterocycles. The minimum Gasteiger partial charge on any atom is -0.366 e. The van der Waals surface area contributed by atoms with Crippen LogP contribution in [0.2, 0.25) is 0 Å². The maximum Gasteiger partial charge on any atom is 0.287 e. The van der Waals surface area contributed by atoms with Crippen molar-refractivity contribution in [3.63, 3.8) is 0 Å². The number of aryl methyl sites for hydroxylation is 1. The highest BCUT2D eigenvalue weighted by molar-refractivity contribution is 9.10. The summed E-state index contributed by atoms with van der Waals surface area (Å²) in [4.78, 5) is 11.5. The molecule has 22 heavy (non-hydrogen) atoms. The number of hydrogen-bond donors (Lipinski definition) is 2. The summed E-state index contributed by atoms with van der Waals surface area (Å²) >= 11 is 4.69. The summed E-state index contributed by atoms with van der Waals surface area (Å²) in [7, 11) is -3.97. The second kappa shape index (κ2) is 8.23. The Balaban J connectivity index is 0.000000220. The van der Waals surface area contributed by atoms with Crippen molar-refractivity contribution in [2.75, 3.05) is 0 Å². The molecule has 0 unspecified atom stereocenters. The number of carbonyl (C=O) groups excluding carboxylic acids is 1. The van der Waals surface area contributed by atoms with Gasteiger partial charge in [-0.2, -0.15) is 8.42 Å². The van der Waals surface area contributed by atoms with E-state index in [9.17, 15) is 13.2 Å². The maximum atomic E-state index is 10.7. The fraction of sp³-hybridized carbons (Fsp3) is 0.0714. The van der Waals surface area contributed by atoms with Gasteiger partial charge in [0.15, 0.2) is 0 Å². The van der Waals surface area contributed by atoms with E-state index in [-0.39, 0.29) is 5.91 Å². The molecule has 0 aliphatic carbocycles. The van der Waals surface area contributed by atoms with Crippen LogP contribution in [0.4, 0.5) is 0 Å². The predicted octanol–water partition coefficient (Wildman–Crippen LogP) is 3.46. The summed E-state index contributed by atoms with van der Waals surface area (Å²) in [6.45, 7) is 1.85. The van der Waals surface area contributed by atoms with Crippen LogP contribution in [-0.2, 0) is 10.1 Å². The third-order valence-corrected chi connectivity index (χ3v) is 4.21. The predicted molar refractivity (Wildman–Crippen MR) is 92.3 cm³/mol. The SMILES string of the molecule is Cc1cc(Br)ccc1C(N)=O.O=S(=O)(O)/C=C/c1cccs1. The lowest BCUT2D eigenvalue weighted by Gasteiger charge is -2.00. The fourth-order valence-corrected chi connectivity index (χ4v) is 2.94. The topological polar surface area (TPSA) is 97.5 Å². The first-order chi connectivity index (χ1) is 10.2.